The quantitative estimate of drug-likeness (QED) is 0.137. The smallest absolute Gasteiger partial charge is 1.00 e. The number of carboxylic acids is 1. The van der Waals surface area contributed by atoms with Crippen molar-refractivity contribution in [1.29, 1.82) is 0 Å². The van der Waals surface area contributed by atoms with Crippen LogP contribution in [0.2, 0.25) is 10.0 Å². The molecule has 11 heteroatoms. The molecule has 0 saturated carbocycles. The van der Waals surface area contributed by atoms with Gasteiger partial charge in [0.25, 0.3) is 0 Å². The Kier molecular flexibility index (Phi) is 17.0. The average Bonchev–Trinajstić information content (AvgIpc) is 3.38. The van der Waals surface area contributed by atoms with E-state index < -0.39 is 11.8 Å². The summed E-state index contributed by atoms with van der Waals surface area (Å²) in [5, 5.41) is 11.2. The second-order valence-electron chi connectivity index (χ2n) is 8.99. The average molecular weight is 627 g/mol. The molecule has 0 fully saturated rings. The second-order valence-corrected chi connectivity index (χ2v) is 10.7. The molecule has 0 radical (unpaired) electrons. The molecule has 0 atom stereocenters. The second kappa shape index (κ2) is 18.2. The van der Waals surface area contributed by atoms with Crippen LogP contribution in [-0.4, -0.2) is 35.1 Å². The maximum atomic E-state index is 15.3. The summed E-state index contributed by atoms with van der Waals surface area (Å²) in [4.78, 5) is 28.6. The van der Waals surface area contributed by atoms with E-state index in [9.17, 15) is 9.59 Å². The number of benzene rings is 2. The van der Waals surface area contributed by atoms with Gasteiger partial charge in [0.2, 0.25) is 5.78 Å². The van der Waals surface area contributed by atoms with Crippen LogP contribution in [-0.2, 0) is 16.0 Å². The van der Waals surface area contributed by atoms with Crippen LogP contribution < -0.4 is 59.1 Å². The summed E-state index contributed by atoms with van der Waals surface area (Å²) in [6.07, 6.45) is 4.76. The molecule has 3 aromatic rings. The van der Waals surface area contributed by atoms with Gasteiger partial charge in [0.15, 0.2) is 5.01 Å². The van der Waals surface area contributed by atoms with E-state index >= 15 is 4.39 Å². The first-order valence-electron chi connectivity index (χ1n) is 12.4. The van der Waals surface area contributed by atoms with Crippen molar-refractivity contribution in [1.82, 2.24) is 4.98 Å². The van der Waals surface area contributed by atoms with E-state index in [0.717, 1.165) is 30.8 Å². The summed E-state index contributed by atoms with van der Waals surface area (Å²) in [6, 6.07) is 8.02. The molecule has 206 valence electrons. The molecule has 0 bridgehead atoms. The molecule has 0 unspecified atom stereocenters. The van der Waals surface area contributed by atoms with Gasteiger partial charge >= 0.3 is 65.1 Å². The molecule has 0 spiro atoms. The van der Waals surface area contributed by atoms with Crippen LogP contribution in [0.1, 0.15) is 69.4 Å². The van der Waals surface area contributed by atoms with E-state index in [1.54, 1.807) is 23.6 Å². The van der Waals surface area contributed by atoms with Gasteiger partial charge in [-0.3, -0.25) is 4.79 Å². The van der Waals surface area contributed by atoms with Crippen LogP contribution in [0.15, 0.2) is 41.3 Å². The van der Waals surface area contributed by atoms with Gasteiger partial charge < -0.3 is 12.7 Å². The number of aliphatic carboxylic acids is 1. The molecule has 0 amide bonds. The number of ketones is 1. The first-order valence-corrected chi connectivity index (χ1v) is 14.1. The van der Waals surface area contributed by atoms with Gasteiger partial charge in [0.05, 0.1) is 15.7 Å². The molecule has 0 saturated heterocycles. The summed E-state index contributed by atoms with van der Waals surface area (Å²) < 4.78 is 21.1. The number of nitrogens with zero attached hydrogens (tertiary/aromatic N) is 1. The first-order chi connectivity index (χ1) is 18.2. The SMILES string of the molecule is CCC(CC)COCCCc1cccc(-c2csc(C(=O)c3cc(Cl)c(/C=C(\C)C(=O)O)c(Cl)c3)n2)c1F.[H-].[H-].[Na+].[Na+]. The maximum absolute atomic E-state index is 15.3. The third-order valence-electron chi connectivity index (χ3n) is 6.34. The van der Waals surface area contributed by atoms with Crippen molar-refractivity contribution in [2.75, 3.05) is 13.2 Å². The molecule has 0 aliphatic heterocycles. The molecular weight excluding hydrogens is 594 g/mol. The summed E-state index contributed by atoms with van der Waals surface area (Å²) in [5.41, 5.74) is 1.84. The van der Waals surface area contributed by atoms with Crippen molar-refractivity contribution in [2.45, 2.75) is 46.5 Å². The molecule has 2 aromatic carbocycles. The number of aromatic nitrogens is 1. The van der Waals surface area contributed by atoms with Gasteiger partial charge in [-0.2, -0.15) is 0 Å². The fourth-order valence-corrected chi connectivity index (χ4v) is 5.24. The number of carbonyl (C=O) groups excluding carboxylic acids is 1. The number of carbonyl (C=O) groups is 2. The number of halogens is 3. The minimum Gasteiger partial charge on any atom is -1.00 e. The number of aryl methyl sites for hydroxylation is 1. The van der Waals surface area contributed by atoms with Crippen LogP contribution in [0, 0.1) is 11.7 Å². The summed E-state index contributed by atoms with van der Waals surface area (Å²) in [6.45, 7) is 7.02. The fraction of sp³-hybridized carbons (Fsp3) is 0.345. The molecular formula is C29H32Cl2FNNa2O4S. The van der Waals surface area contributed by atoms with Crippen molar-refractivity contribution in [3.63, 3.8) is 0 Å². The van der Waals surface area contributed by atoms with Gasteiger partial charge in [-0.25, -0.2) is 14.2 Å². The summed E-state index contributed by atoms with van der Waals surface area (Å²) in [7, 11) is 0. The van der Waals surface area contributed by atoms with Crippen molar-refractivity contribution >= 4 is 52.4 Å². The van der Waals surface area contributed by atoms with Crippen LogP contribution in [0.4, 0.5) is 4.39 Å². The standard InChI is InChI=1S/C29H30Cl2FNO4S.2Na.2H/c1-4-18(5-2)15-37-11-7-9-19-8-6-10-21(26(19)32)25-16-38-28(33-25)27(34)20-13-23(30)22(24(31)14-20)12-17(3)29(35)36;;;;/h6,8,10,12-14,16,18H,4-5,7,9,11,15H2,1-3H3,(H,35,36);;;;/q;2*+1;2*-1/b17-12+;;;;. The van der Waals surface area contributed by atoms with Gasteiger partial charge in [-0.15, -0.1) is 11.3 Å². The fourth-order valence-electron chi connectivity index (χ4n) is 3.87. The summed E-state index contributed by atoms with van der Waals surface area (Å²) in [5.74, 6) is -1.32. The van der Waals surface area contributed by atoms with Crippen molar-refractivity contribution in [3.8, 4) is 11.3 Å². The Morgan fingerprint density at radius 1 is 1.18 bits per heavy atom. The first kappa shape index (κ1) is 37.4. The largest absolute Gasteiger partial charge is 1.00 e. The number of hydrogen-bond donors (Lipinski definition) is 1. The zero-order chi connectivity index (χ0) is 27.8. The molecule has 1 N–H and O–H groups in total. The van der Waals surface area contributed by atoms with Gasteiger partial charge in [0, 0.05) is 40.9 Å². The zero-order valence-electron chi connectivity index (χ0n) is 25.5. The van der Waals surface area contributed by atoms with Gasteiger partial charge in [-0.1, -0.05) is 62.0 Å². The molecule has 1 aromatic heterocycles. The Labute approximate surface area is 296 Å². The predicted octanol–water partition coefficient (Wildman–Crippen LogP) is 2.59. The van der Waals surface area contributed by atoms with Crippen LogP contribution in [0.25, 0.3) is 17.3 Å². The Morgan fingerprint density at radius 2 is 1.82 bits per heavy atom. The van der Waals surface area contributed by atoms with Crippen LogP contribution in [0.3, 0.4) is 0 Å². The van der Waals surface area contributed by atoms with E-state index in [4.69, 9.17) is 33.0 Å². The Bertz CT molecular complexity index is 1330. The molecule has 1 heterocycles. The van der Waals surface area contributed by atoms with Crippen molar-refractivity contribution in [2.24, 2.45) is 5.92 Å². The summed E-state index contributed by atoms with van der Waals surface area (Å²) >= 11 is 13.7. The third kappa shape index (κ3) is 10.0. The van der Waals surface area contributed by atoms with E-state index in [1.807, 2.05) is 0 Å². The minimum absolute atomic E-state index is 0. The van der Waals surface area contributed by atoms with Gasteiger partial charge in [0.1, 0.15) is 5.82 Å². The van der Waals surface area contributed by atoms with Crippen molar-refractivity contribution in [3.05, 3.63) is 78.8 Å². The van der Waals surface area contributed by atoms with Crippen LogP contribution >= 0.6 is 34.5 Å². The Hall–Kier alpha value is -0.580. The van der Waals surface area contributed by atoms with E-state index in [0.29, 0.717) is 47.8 Å². The number of carboxylic acid groups (broad SMARTS) is 1. The number of rotatable bonds is 13. The maximum Gasteiger partial charge on any atom is 1.00 e. The van der Waals surface area contributed by atoms with Gasteiger partial charge in [-0.05, 0) is 55.5 Å². The topological polar surface area (TPSA) is 76.5 Å². The molecule has 5 nitrogen and oxygen atoms in total. The monoisotopic (exact) mass is 625 g/mol. The van der Waals surface area contributed by atoms with E-state index in [-0.39, 0.29) is 94.0 Å². The predicted molar refractivity (Wildman–Crippen MR) is 154 cm³/mol. The normalized spacial score (nSPS) is 11.2. The zero-order valence-corrected chi connectivity index (χ0v) is 29.9. The van der Waals surface area contributed by atoms with E-state index in [1.165, 1.54) is 25.1 Å². The molecule has 0 aliphatic carbocycles. The Morgan fingerprint density at radius 3 is 2.42 bits per heavy atom. The molecule has 3 rings (SSSR count). The number of ether oxygens (including phenoxy) is 1. The van der Waals surface area contributed by atoms with Crippen LogP contribution in [0.5, 0.6) is 0 Å². The number of hydrogen-bond acceptors (Lipinski definition) is 5. The number of thiazole rings is 1. The van der Waals surface area contributed by atoms with E-state index in [2.05, 4.69) is 18.8 Å². The third-order valence-corrected chi connectivity index (χ3v) is 7.80. The minimum atomic E-state index is -1.10. The van der Waals surface area contributed by atoms with Crippen molar-refractivity contribution < 1.29 is 85.8 Å². The molecule has 40 heavy (non-hydrogen) atoms. The Balaban J connectivity index is 0. The molecule has 0 aliphatic rings.